The predicted molar refractivity (Wildman–Crippen MR) is 56.9 cm³/mol. The molecular formula is C9H9NO4S. The molecule has 1 aromatic rings. The molecule has 5 nitrogen and oxygen atoms in total. The second-order valence-electron chi connectivity index (χ2n) is 2.81. The summed E-state index contributed by atoms with van der Waals surface area (Å²) in [6, 6.07) is 6.63. The minimum absolute atomic E-state index is 0.0687. The van der Waals surface area contributed by atoms with Crippen molar-refractivity contribution in [3.05, 3.63) is 51.7 Å². The fourth-order valence-corrected chi connectivity index (χ4v) is 1.49. The van der Waals surface area contributed by atoms with Crippen LogP contribution < -0.4 is 0 Å². The first-order valence-corrected chi connectivity index (χ1v) is 5.33. The van der Waals surface area contributed by atoms with Crippen molar-refractivity contribution in [2.45, 2.75) is 5.75 Å². The molecule has 0 heterocycles. The van der Waals surface area contributed by atoms with Gasteiger partial charge in [0.2, 0.25) is 6.20 Å². The van der Waals surface area contributed by atoms with Crippen molar-refractivity contribution in [2.75, 3.05) is 0 Å². The SMILES string of the molecule is O=[N+]([O-])C=Cc1ccc(CS(=O)O)cc1. The molecule has 1 aromatic carbocycles. The molecule has 0 bridgehead atoms. The zero-order valence-electron chi connectivity index (χ0n) is 7.70. The van der Waals surface area contributed by atoms with Gasteiger partial charge < -0.3 is 4.55 Å². The summed E-state index contributed by atoms with van der Waals surface area (Å²) in [6.07, 6.45) is 2.21. The van der Waals surface area contributed by atoms with Gasteiger partial charge in [0.15, 0.2) is 11.1 Å². The van der Waals surface area contributed by atoms with Gasteiger partial charge in [-0.2, -0.15) is 0 Å². The van der Waals surface area contributed by atoms with E-state index in [1.165, 1.54) is 6.08 Å². The normalized spacial score (nSPS) is 12.9. The highest BCUT2D eigenvalue weighted by atomic mass is 32.2. The predicted octanol–water partition coefficient (Wildman–Crippen LogP) is 1.66. The summed E-state index contributed by atoms with van der Waals surface area (Å²) in [7, 11) is 0. The molecule has 0 aliphatic carbocycles. The Bertz CT molecular complexity index is 399. The molecule has 0 saturated carbocycles. The minimum atomic E-state index is -1.86. The van der Waals surface area contributed by atoms with Crippen LogP contribution in [0.1, 0.15) is 11.1 Å². The molecule has 1 rings (SSSR count). The van der Waals surface area contributed by atoms with E-state index in [0.29, 0.717) is 11.1 Å². The first kappa shape index (κ1) is 11.5. The molecule has 0 amide bonds. The van der Waals surface area contributed by atoms with Crippen LogP contribution in [0, 0.1) is 10.1 Å². The van der Waals surface area contributed by atoms with Crippen molar-refractivity contribution in [3.63, 3.8) is 0 Å². The van der Waals surface area contributed by atoms with Crippen LogP contribution >= 0.6 is 0 Å². The fraction of sp³-hybridized carbons (Fsp3) is 0.111. The summed E-state index contributed by atoms with van der Waals surface area (Å²) in [6.45, 7) is 0. The molecule has 1 unspecified atom stereocenters. The lowest BCUT2D eigenvalue weighted by molar-refractivity contribution is -0.400. The molecule has 0 aliphatic rings. The van der Waals surface area contributed by atoms with Crippen molar-refractivity contribution in [2.24, 2.45) is 0 Å². The Kier molecular flexibility index (Phi) is 4.14. The summed E-state index contributed by atoms with van der Waals surface area (Å²) in [4.78, 5) is 9.49. The van der Waals surface area contributed by atoms with Crippen molar-refractivity contribution in [3.8, 4) is 0 Å². The maximum Gasteiger partial charge on any atom is 0.235 e. The standard InChI is InChI=1S/C9H9NO4S/c11-10(12)6-5-8-1-3-9(4-2-8)7-15(13)14/h1-6H,7H2,(H,13,14). The van der Waals surface area contributed by atoms with Crippen LogP contribution in [0.5, 0.6) is 0 Å². The second kappa shape index (κ2) is 5.38. The smallest absolute Gasteiger partial charge is 0.235 e. The van der Waals surface area contributed by atoms with E-state index in [1.54, 1.807) is 24.3 Å². The number of hydrogen-bond acceptors (Lipinski definition) is 3. The Morgan fingerprint density at radius 1 is 1.40 bits per heavy atom. The van der Waals surface area contributed by atoms with Crippen LogP contribution in [0.4, 0.5) is 0 Å². The third-order valence-corrected chi connectivity index (χ3v) is 2.24. The summed E-state index contributed by atoms with van der Waals surface area (Å²) < 4.78 is 19.1. The van der Waals surface area contributed by atoms with E-state index in [9.17, 15) is 14.3 Å². The first-order chi connectivity index (χ1) is 7.08. The van der Waals surface area contributed by atoms with Crippen molar-refractivity contribution in [1.82, 2.24) is 0 Å². The lowest BCUT2D eigenvalue weighted by Gasteiger charge is -1.97. The molecule has 1 N–H and O–H groups in total. The molecule has 0 aromatic heterocycles. The first-order valence-electron chi connectivity index (χ1n) is 4.06. The van der Waals surface area contributed by atoms with Gasteiger partial charge in [-0.3, -0.25) is 10.1 Å². The Balaban J connectivity index is 2.72. The van der Waals surface area contributed by atoms with Crippen LogP contribution in [0.25, 0.3) is 6.08 Å². The van der Waals surface area contributed by atoms with Crippen molar-refractivity contribution >= 4 is 17.2 Å². The van der Waals surface area contributed by atoms with Crippen molar-refractivity contribution < 1.29 is 13.7 Å². The van der Waals surface area contributed by atoms with E-state index in [2.05, 4.69) is 0 Å². The number of rotatable bonds is 4. The highest BCUT2D eigenvalue weighted by molar-refractivity contribution is 7.78. The molecule has 0 spiro atoms. The van der Waals surface area contributed by atoms with E-state index in [1.807, 2.05) is 0 Å². The number of nitro groups is 1. The summed E-state index contributed by atoms with van der Waals surface area (Å²) in [5.74, 6) is 0.0687. The van der Waals surface area contributed by atoms with E-state index >= 15 is 0 Å². The van der Waals surface area contributed by atoms with Crippen LogP contribution in [0.2, 0.25) is 0 Å². The van der Waals surface area contributed by atoms with Crippen LogP contribution in [0.15, 0.2) is 30.5 Å². The van der Waals surface area contributed by atoms with Crippen LogP contribution in [-0.4, -0.2) is 13.7 Å². The Labute approximate surface area is 88.9 Å². The average Bonchev–Trinajstić information content (AvgIpc) is 2.16. The summed E-state index contributed by atoms with van der Waals surface area (Å²) in [5, 5.41) is 10.0. The van der Waals surface area contributed by atoms with Gasteiger partial charge in [0.05, 0.1) is 10.7 Å². The van der Waals surface area contributed by atoms with E-state index in [0.717, 1.165) is 6.20 Å². The zero-order chi connectivity index (χ0) is 11.3. The summed E-state index contributed by atoms with van der Waals surface area (Å²) in [5.41, 5.74) is 1.40. The van der Waals surface area contributed by atoms with Gasteiger partial charge in [-0.25, -0.2) is 4.21 Å². The highest BCUT2D eigenvalue weighted by Crippen LogP contribution is 2.07. The van der Waals surface area contributed by atoms with Gasteiger partial charge in [-0.1, -0.05) is 24.3 Å². The highest BCUT2D eigenvalue weighted by Gasteiger charge is 1.97. The monoisotopic (exact) mass is 227 g/mol. The Morgan fingerprint density at radius 3 is 2.47 bits per heavy atom. The van der Waals surface area contributed by atoms with Gasteiger partial charge in [0.1, 0.15) is 0 Å². The minimum Gasteiger partial charge on any atom is -0.306 e. The van der Waals surface area contributed by atoms with E-state index < -0.39 is 16.0 Å². The van der Waals surface area contributed by atoms with E-state index in [4.69, 9.17) is 4.55 Å². The third kappa shape index (κ3) is 4.48. The lowest BCUT2D eigenvalue weighted by Crippen LogP contribution is -1.92. The fourth-order valence-electron chi connectivity index (χ4n) is 1.01. The second-order valence-corrected chi connectivity index (χ2v) is 3.74. The molecule has 0 radical (unpaired) electrons. The average molecular weight is 227 g/mol. The lowest BCUT2D eigenvalue weighted by atomic mass is 10.1. The van der Waals surface area contributed by atoms with Crippen molar-refractivity contribution in [1.29, 1.82) is 0 Å². The maximum atomic E-state index is 10.5. The molecular weight excluding hydrogens is 218 g/mol. The zero-order valence-corrected chi connectivity index (χ0v) is 8.52. The van der Waals surface area contributed by atoms with Gasteiger partial charge in [-0.15, -0.1) is 0 Å². The number of nitrogens with zero attached hydrogens (tertiary/aromatic N) is 1. The molecule has 80 valence electrons. The molecule has 15 heavy (non-hydrogen) atoms. The van der Waals surface area contributed by atoms with Gasteiger partial charge in [-0.05, 0) is 11.1 Å². The van der Waals surface area contributed by atoms with Crippen LogP contribution in [-0.2, 0) is 16.8 Å². The topological polar surface area (TPSA) is 80.4 Å². The quantitative estimate of drug-likeness (QED) is 0.482. The molecule has 0 saturated heterocycles. The van der Waals surface area contributed by atoms with Gasteiger partial charge in [0.25, 0.3) is 0 Å². The van der Waals surface area contributed by atoms with Crippen LogP contribution in [0.3, 0.4) is 0 Å². The molecule has 0 fully saturated rings. The third-order valence-electron chi connectivity index (χ3n) is 1.66. The Morgan fingerprint density at radius 2 is 2.00 bits per heavy atom. The summed E-state index contributed by atoms with van der Waals surface area (Å²) >= 11 is -1.86. The van der Waals surface area contributed by atoms with E-state index in [-0.39, 0.29) is 5.75 Å². The maximum absolute atomic E-state index is 10.5. The Hall–Kier alpha value is -1.53. The molecule has 0 aliphatic heterocycles. The molecule has 6 heteroatoms. The molecule has 1 atom stereocenters. The van der Waals surface area contributed by atoms with Gasteiger partial charge in [0, 0.05) is 6.08 Å². The van der Waals surface area contributed by atoms with Gasteiger partial charge >= 0.3 is 0 Å². The number of benzene rings is 1. The largest absolute Gasteiger partial charge is 0.306 e. The number of hydrogen-bond donors (Lipinski definition) is 1.